The number of carbonyl (C=O) groups is 2. The Kier molecular flexibility index (Phi) is 8.39. The van der Waals surface area contributed by atoms with Crippen molar-refractivity contribution in [2.45, 2.75) is 92.6 Å². The highest BCUT2D eigenvalue weighted by atomic mass is 16.5. The van der Waals surface area contributed by atoms with E-state index in [1.54, 1.807) is 0 Å². The van der Waals surface area contributed by atoms with Crippen LogP contribution in [-0.4, -0.2) is 35.4 Å². The first kappa shape index (κ1) is 29.4. The fourth-order valence-corrected chi connectivity index (χ4v) is 7.95. The van der Waals surface area contributed by atoms with Gasteiger partial charge in [0.15, 0.2) is 0 Å². The van der Waals surface area contributed by atoms with Crippen LogP contribution >= 0.6 is 0 Å². The van der Waals surface area contributed by atoms with E-state index in [9.17, 15) is 19.8 Å². The molecule has 0 radical (unpaired) electrons. The maximum Gasteiger partial charge on any atom is 0.306 e. The summed E-state index contributed by atoms with van der Waals surface area (Å²) in [6.07, 6.45) is 8.10. The Balaban J connectivity index is 2.04. The molecule has 0 heterocycles. The van der Waals surface area contributed by atoms with Crippen LogP contribution in [0.15, 0.2) is 47.6 Å². The number of carboxylic acids is 1. The quantitative estimate of drug-likeness (QED) is 0.246. The van der Waals surface area contributed by atoms with Crippen molar-refractivity contribution in [1.82, 2.24) is 0 Å². The van der Waals surface area contributed by atoms with Gasteiger partial charge in [0.25, 0.3) is 0 Å². The molecule has 0 spiro atoms. The number of carbonyl (C=O) groups excluding carboxylic acids is 1. The molecule has 3 rings (SSSR count). The zero-order valence-corrected chi connectivity index (χ0v) is 24.0. The number of esters is 1. The van der Waals surface area contributed by atoms with Gasteiger partial charge in [0, 0.05) is 17.8 Å². The Morgan fingerprint density at radius 3 is 2.32 bits per heavy atom. The molecule has 0 saturated heterocycles. The fraction of sp³-hybridized carbons (Fsp3) is 0.688. The van der Waals surface area contributed by atoms with Crippen LogP contribution in [0.3, 0.4) is 0 Å². The number of fused-ring (bicyclic) bond motifs is 3. The Bertz CT molecular complexity index is 1020. The average Bonchev–Trinajstić information content (AvgIpc) is 3.02. The minimum Gasteiger partial charge on any atom is -0.481 e. The number of aliphatic hydroxyl groups excluding tert-OH is 1. The molecule has 1 unspecified atom stereocenters. The molecular formula is C32H48O5. The Morgan fingerprint density at radius 1 is 1.14 bits per heavy atom. The van der Waals surface area contributed by atoms with Crippen LogP contribution in [0, 0.1) is 39.9 Å². The highest BCUT2D eigenvalue weighted by Crippen LogP contribution is 2.70. The molecule has 206 valence electrons. The third-order valence-electron chi connectivity index (χ3n) is 10.6. The number of rotatable bonds is 10. The first-order chi connectivity index (χ1) is 17.1. The summed E-state index contributed by atoms with van der Waals surface area (Å²) in [4.78, 5) is 24.7. The second-order valence-corrected chi connectivity index (χ2v) is 12.9. The molecule has 1 fully saturated rings. The van der Waals surface area contributed by atoms with E-state index in [1.807, 2.05) is 0 Å². The lowest BCUT2D eigenvalue weighted by Gasteiger charge is -2.56. The van der Waals surface area contributed by atoms with Gasteiger partial charge in [-0.3, -0.25) is 9.59 Å². The molecule has 0 bridgehead atoms. The van der Waals surface area contributed by atoms with E-state index in [1.165, 1.54) is 18.3 Å². The summed E-state index contributed by atoms with van der Waals surface area (Å²) < 4.78 is 4.96. The highest BCUT2D eigenvalue weighted by Gasteiger charge is 2.65. The van der Waals surface area contributed by atoms with E-state index in [2.05, 4.69) is 66.9 Å². The van der Waals surface area contributed by atoms with E-state index in [0.29, 0.717) is 44.4 Å². The van der Waals surface area contributed by atoms with E-state index in [4.69, 9.17) is 4.74 Å². The number of allylic oxidation sites excluding steroid dienone is 6. The van der Waals surface area contributed by atoms with Crippen LogP contribution in [0.25, 0.3) is 0 Å². The molecule has 0 aromatic rings. The van der Waals surface area contributed by atoms with E-state index in [0.717, 1.165) is 17.6 Å². The van der Waals surface area contributed by atoms with Gasteiger partial charge in [0.2, 0.25) is 0 Å². The Morgan fingerprint density at radius 2 is 1.78 bits per heavy atom. The van der Waals surface area contributed by atoms with E-state index in [-0.39, 0.29) is 28.6 Å². The summed E-state index contributed by atoms with van der Waals surface area (Å²) in [5.41, 5.74) is 3.58. The molecule has 0 aromatic heterocycles. The number of ether oxygens (including phenoxy) is 1. The van der Waals surface area contributed by atoms with Crippen molar-refractivity contribution in [3.05, 3.63) is 47.6 Å². The topological polar surface area (TPSA) is 83.8 Å². The number of hydrogen-bond acceptors (Lipinski definition) is 4. The minimum atomic E-state index is -0.830. The number of aliphatic hydroxyl groups is 1. The molecular weight excluding hydrogens is 464 g/mol. The van der Waals surface area contributed by atoms with Crippen molar-refractivity contribution in [3.8, 4) is 0 Å². The third-order valence-corrected chi connectivity index (χ3v) is 10.6. The van der Waals surface area contributed by atoms with Gasteiger partial charge in [0.1, 0.15) is 0 Å². The summed E-state index contributed by atoms with van der Waals surface area (Å²) >= 11 is 0. The molecule has 5 nitrogen and oxygen atoms in total. The van der Waals surface area contributed by atoms with Crippen molar-refractivity contribution < 1.29 is 24.5 Å². The lowest BCUT2D eigenvalue weighted by molar-refractivity contribution is -0.148. The van der Waals surface area contributed by atoms with Crippen molar-refractivity contribution in [1.29, 1.82) is 0 Å². The van der Waals surface area contributed by atoms with Crippen LogP contribution in [-0.2, 0) is 14.3 Å². The predicted molar refractivity (Wildman–Crippen MR) is 148 cm³/mol. The maximum absolute atomic E-state index is 12.6. The monoisotopic (exact) mass is 512 g/mol. The first-order valence-electron chi connectivity index (χ1n) is 13.9. The van der Waals surface area contributed by atoms with Gasteiger partial charge in [-0.15, -0.1) is 0 Å². The molecule has 1 saturated carbocycles. The molecule has 0 amide bonds. The number of hydrogen-bond donors (Lipinski definition) is 2. The van der Waals surface area contributed by atoms with Crippen LogP contribution in [0.5, 0.6) is 0 Å². The van der Waals surface area contributed by atoms with Gasteiger partial charge < -0.3 is 14.9 Å². The minimum absolute atomic E-state index is 0.205. The zero-order valence-electron chi connectivity index (χ0n) is 24.0. The maximum atomic E-state index is 12.6. The van der Waals surface area contributed by atoms with Gasteiger partial charge in [-0.1, -0.05) is 71.1 Å². The molecule has 2 N–H and O–H groups in total. The highest BCUT2D eigenvalue weighted by molar-refractivity contribution is 5.71. The zero-order chi connectivity index (χ0) is 27.9. The van der Waals surface area contributed by atoms with Crippen molar-refractivity contribution in [3.63, 3.8) is 0 Å². The van der Waals surface area contributed by atoms with Crippen LogP contribution in [0.4, 0.5) is 0 Å². The third kappa shape index (κ3) is 4.89. The summed E-state index contributed by atoms with van der Waals surface area (Å²) in [7, 11) is 1.43. The average molecular weight is 513 g/mol. The van der Waals surface area contributed by atoms with Gasteiger partial charge in [-0.25, -0.2) is 0 Å². The molecule has 0 aliphatic heterocycles. The first-order valence-corrected chi connectivity index (χ1v) is 13.9. The number of aliphatic carboxylic acids is 1. The summed E-state index contributed by atoms with van der Waals surface area (Å²) in [6.45, 7) is 21.3. The molecule has 3 aliphatic rings. The molecule has 5 heteroatoms. The summed E-state index contributed by atoms with van der Waals surface area (Å²) in [6, 6.07) is 0. The molecule has 0 aromatic carbocycles. The van der Waals surface area contributed by atoms with Gasteiger partial charge >= 0.3 is 11.9 Å². The smallest absolute Gasteiger partial charge is 0.306 e. The lowest BCUT2D eigenvalue weighted by Crippen LogP contribution is -2.48. The van der Waals surface area contributed by atoms with E-state index < -0.39 is 23.4 Å². The van der Waals surface area contributed by atoms with Crippen molar-refractivity contribution >= 4 is 11.9 Å². The van der Waals surface area contributed by atoms with Crippen LogP contribution in [0.2, 0.25) is 0 Å². The summed E-state index contributed by atoms with van der Waals surface area (Å²) in [5, 5.41) is 21.8. The fourth-order valence-electron chi connectivity index (χ4n) is 7.95. The van der Waals surface area contributed by atoms with Crippen LogP contribution in [0.1, 0.15) is 86.5 Å². The second-order valence-electron chi connectivity index (χ2n) is 12.9. The standard InChI is InChI=1S/C32H48O5/c1-19(2)21(5)10-11-22(29(35)36)28-26(33)18-32(8)25-13-12-23(20(3)4)30(6,16-15-27(34)37-9)24(25)14-17-31(28,32)7/h13-14,19,22-23,26,28,33H,3,5,10-12,15-18H2,1-2,4,6-9H3,(H,35,36)/t22?,23-,26+,28-,30-,31+,32-/m0/s1. The van der Waals surface area contributed by atoms with Gasteiger partial charge in [0.05, 0.1) is 19.1 Å². The van der Waals surface area contributed by atoms with Crippen LogP contribution < -0.4 is 0 Å². The number of carboxylic acid groups (broad SMARTS) is 1. The molecule has 7 atom stereocenters. The van der Waals surface area contributed by atoms with Crippen molar-refractivity contribution in [2.75, 3.05) is 7.11 Å². The molecule has 3 aliphatic carbocycles. The lowest BCUT2D eigenvalue weighted by atomic mass is 9.48. The predicted octanol–water partition coefficient (Wildman–Crippen LogP) is 6.89. The largest absolute Gasteiger partial charge is 0.481 e. The van der Waals surface area contributed by atoms with E-state index >= 15 is 0 Å². The second kappa shape index (κ2) is 10.6. The summed E-state index contributed by atoms with van der Waals surface area (Å²) in [5.74, 6) is -1.52. The Labute approximate surface area is 223 Å². The van der Waals surface area contributed by atoms with Gasteiger partial charge in [-0.2, -0.15) is 0 Å². The normalized spacial score (nSPS) is 35.6. The Hall–Kier alpha value is -2.14. The SMILES string of the molecule is C=C(CCC(C(=O)O)[C@H]1[C@H](O)C[C@@]2(C)C3=CC[C@@H](C(=C)C)[C@](C)(CCC(=O)OC)C3=CC[C@]12C)C(C)C. The van der Waals surface area contributed by atoms with Gasteiger partial charge in [-0.05, 0) is 79.3 Å². The van der Waals surface area contributed by atoms with Crippen molar-refractivity contribution in [2.24, 2.45) is 39.9 Å². The molecule has 37 heavy (non-hydrogen) atoms. The number of methoxy groups -OCH3 is 1.